The van der Waals surface area contributed by atoms with Gasteiger partial charge in [-0.2, -0.15) is 0 Å². The molecule has 0 N–H and O–H groups in total. The first kappa shape index (κ1) is 9.58. The van der Waals surface area contributed by atoms with Gasteiger partial charge in [0.2, 0.25) is 5.95 Å². The van der Waals surface area contributed by atoms with Crippen molar-refractivity contribution in [2.24, 2.45) is 0 Å². The molecule has 2 rings (SSSR count). The van der Waals surface area contributed by atoms with E-state index in [1.54, 1.807) is 12.4 Å². The van der Waals surface area contributed by atoms with Gasteiger partial charge in [0.15, 0.2) is 0 Å². The van der Waals surface area contributed by atoms with Crippen LogP contribution in [-0.4, -0.2) is 29.0 Å². The number of aromatic nitrogens is 3. The molecule has 0 aliphatic carbocycles. The van der Waals surface area contributed by atoms with E-state index in [9.17, 15) is 0 Å². The van der Waals surface area contributed by atoms with Crippen LogP contribution in [0.4, 0.5) is 5.95 Å². The fourth-order valence-electron chi connectivity index (χ4n) is 1.22. The van der Waals surface area contributed by atoms with E-state index in [1.165, 1.54) is 0 Å². The first-order valence-electron chi connectivity index (χ1n) is 4.69. The highest BCUT2D eigenvalue weighted by Gasteiger charge is 2.03. The number of nitrogens with zero attached hydrogens (tertiary/aromatic N) is 4. The topological polar surface area (TPSA) is 41.9 Å². The minimum absolute atomic E-state index is 0.693. The Morgan fingerprint density at radius 2 is 1.80 bits per heavy atom. The summed E-state index contributed by atoms with van der Waals surface area (Å²) in [6.45, 7) is 0. The molecule has 0 fully saturated rings. The maximum atomic E-state index is 4.39. The van der Waals surface area contributed by atoms with Gasteiger partial charge in [-0.3, -0.25) is 4.98 Å². The Morgan fingerprint density at radius 3 is 2.47 bits per heavy atom. The minimum Gasteiger partial charge on any atom is -0.347 e. The van der Waals surface area contributed by atoms with E-state index in [2.05, 4.69) is 15.0 Å². The molecule has 0 atom stereocenters. The lowest BCUT2D eigenvalue weighted by Crippen LogP contribution is -2.12. The van der Waals surface area contributed by atoms with Crippen molar-refractivity contribution < 1.29 is 0 Å². The maximum Gasteiger partial charge on any atom is 0.225 e. The van der Waals surface area contributed by atoms with Crippen molar-refractivity contribution in [3.8, 4) is 11.4 Å². The Labute approximate surface area is 88.6 Å². The third-order valence-electron chi connectivity index (χ3n) is 1.97. The van der Waals surface area contributed by atoms with Crippen molar-refractivity contribution in [2.75, 3.05) is 19.0 Å². The highest BCUT2D eigenvalue weighted by molar-refractivity contribution is 5.54. The average molecular weight is 200 g/mol. The lowest BCUT2D eigenvalue weighted by molar-refractivity contribution is 0.998. The average Bonchev–Trinajstić information content (AvgIpc) is 2.30. The molecule has 4 nitrogen and oxygen atoms in total. The van der Waals surface area contributed by atoms with Gasteiger partial charge >= 0.3 is 0 Å². The maximum absolute atomic E-state index is 4.39. The normalized spacial score (nSPS) is 10.0. The minimum atomic E-state index is 0.693. The van der Waals surface area contributed by atoms with Crippen molar-refractivity contribution >= 4 is 5.95 Å². The van der Waals surface area contributed by atoms with E-state index in [4.69, 9.17) is 0 Å². The molecule has 15 heavy (non-hydrogen) atoms. The molecule has 2 heterocycles. The van der Waals surface area contributed by atoms with Crippen molar-refractivity contribution in [3.05, 3.63) is 36.7 Å². The van der Waals surface area contributed by atoms with Gasteiger partial charge in [-0.15, -0.1) is 0 Å². The SMILES string of the molecule is CN(C)c1nccc(-c2ccccn2)n1. The predicted molar refractivity (Wildman–Crippen MR) is 59.6 cm³/mol. The number of hydrogen-bond acceptors (Lipinski definition) is 4. The van der Waals surface area contributed by atoms with Gasteiger partial charge < -0.3 is 4.90 Å². The molecule has 0 amide bonds. The molecular weight excluding hydrogens is 188 g/mol. The van der Waals surface area contributed by atoms with Crippen LogP contribution in [0.25, 0.3) is 11.4 Å². The molecule has 0 radical (unpaired) electrons. The zero-order valence-corrected chi connectivity index (χ0v) is 8.75. The molecule has 0 aliphatic rings. The summed E-state index contributed by atoms with van der Waals surface area (Å²) in [4.78, 5) is 14.7. The largest absolute Gasteiger partial charge is 0.347 e. The molecule has 0 aromatic carbocycles. The number of anilines is 1. The Morgan fingerprint density at radius 1 is 0.933 bits per heavy atom. The Bertz CT molecular complexity index is 439. The Balaban J connectivity index is 2.42. The van der Waals surface area contributed by atoms with Crippen molar-refractivity contribution in [3.63, 3.8) is 0 Å². The van der Waals surface area contributed by atoms with E-state index >= 15 is 0 Å². The highest BCUT2D eigenvalue weighted by Crippen LogP contribution is 2.14. The Kier molecular flexibility index (Phi) is 2.58. The summed E-state index contributed by atoms with van der Waals surface area (Å²) in [7, 11) is 3.83. The second-order valence-corrected chi connectivity index (χ2v) is 3.35. The van der Waals surface area contributed by atoms with Gasteiger partial charge in [-0.25, -0.2) is 9.97 Å². The number of rotatable bonds is 2. The first-order valence-corrected chi connectivity index (χ1v) is 4.69. The summed E-state index contributed by atoms with van der Waals surface area (Å²) < 4.78 is 0. The van der Waals surface area contributed by atoms with Crippen LogP contribution >= 0.6 is 0 Å². The van der Waals surface area contributed by atoms with Crippen LogP contribution in [0.5, 0.6) is 0 Å². The summed E-state index contributed by atoms with van der Waals surface area (Å²) in [6, 6.07) is 7.62. The summed E-state index contributed by atoms with van der Waals surface area (Å²) in [6.07, 6.45) is 3.50. The quantitative estimate of drug-likeness (QED) is 0.738. The van der Waals surface area contributed by atoms with E-state index in [0.29, 0.717) is 5.95 Å². The van der Waals surface area contributed by atoms with Crippen LogP contribution < -0.4 is 4.90 Å². The summed E-state index contributed by atoms with van der Waals surface area (Å²) in [5, 5.41) is 0. The standard InChI is InChI=1S/C11H12N4/c1-15(2)11-13-8-6-10(14-11)9-5-3-4-7-12-9/h3-8H,1-2H3. The lowest BCUT2D eigenvalue weighted by Gasteiger charge is -2.10. The van der Waals surface area contributed by atoms with Gasteiger partial charge in [0.1, 0.15) is 0 Å². The van der Waals surface area contributed by atoms with Gasteiger partial charge in [-0.1, -0.05) is 6.07 Å². The smallest absolute Gasteiger partial charge is 0.225 e. The van der Waals surface area contributed by atoms with Crippen molar-refractivity contribution in [2.45, 2.75) is 0 Å². The fraction of sp³-hybridized carbons (Fsp3) is 0.182. The number of hydrogen-bond donors (Lipinski definition) is 0. The van der Waals surface area contributed by atoms with Crippen molar-refractivity contribution in [1.29, 1.82) is 0 Å². The molecule has 76 valence electrons. The molecule has 4 heteroatoms. The molecule has 0 aliphatic heterocycles. The van der Waals surface area contributed by atoms with Crippen LogP contribution in [0.2, 0.25) is 0 Å². The van der Waals surface area contributed by atoms with E-state index in [-0.39, 0.29) is 0 Å². The zero-order valence-electron chi connectivity index (χ0n) is 8.75. The van der Waals surface area contributed by atoms with Gasteiger partial charge in [0.25, 0.3) is 0 Å². The number of pyridine rings is 1. The fourth-order valence-corrected chi connectivity index (χ4v) is 1.22. The molecule has 0 bridgehead atoms. The molecule has 2 aromatic heterocycles. The molecule has 0 saturated carbocycles. The summed E-state index contributed by atoms with van der Waals surface area (Å²) in [5.41, 5.74) is 1.71. The summed E-state index contributed by atoms with van der Waals surface area (Å²) in [5.74, 6) is 0.693. The van der Waals surface area contributed by atoms with Crippen LogP contribution in [0, 0.1) is 0 Å². The monoisotopic (exact) mass is 200 g/mol. The molecule has 0 spiro atoms. The molecular formula is C11H12N4. The Hall–Kier alpha value is -1.97. The third kappa shape index (κ3) is 2.10. The van der Waals surface area contributed by atoms with E-state index < -0.39 is 0 Å². The van der Waals surface area contributed by atoms with Crippen LogP contribution in [0.15, 0.2) is 36.7 Å². The van der Waals surface area contributed by atoms with E-state index in [0.717, 1.165) is 11.4 Å². The highest BCUT2D eigenvalue weighted by atomic mass is 15.2. The van der Waals surface area contributed by atoms with Gasteiger partial charge in [0, 0.05) is 26.5 Å². The van der Waals surface area contributed by atoms with E-state index in [1.807, 2.05) is 43.3 Å². The molecule has 0 unspecified atom stereocenters. The second kappa shape index (κ2) is 4.04. The third-order valence-corrected chi connectivity index (χ3v) is 1.97. The zero-order chi connectivity index (χ0) is 10.7. The van der Waals surface area contributed by atoms with Crippen molar-refractivity contribution in [1.82, 2.24) is 15.0 Å². The van der Waals surface area contributed by atoms with Crippen LogP contribution in [0.1, 0.15) is 0 Å². The van der Waals surface area contributed by atoms with Crippen LogP contribution in [-0.2, 0) is 0 Å². The van der Waals surface area contributed by atoms with Gasteiger partial charge in [-0.05, 0) is 18.2 Å². The molecule has 2 aromatic rings. The van der Waals surface area contributed by atoms with Gasteiger partial charge in [0.05, 0.1) is 11.4 Å². The summed E-state index contributed by atoms with van der Waals surface area (Å²) >= 11 is 0. The molecule has 0 saturated heterocycles. The second-order valence-electron chi connectivity index (χ2n) is 3.35. The predicted octanol–water partition coefficient (Wildman–Crippen LogP) is 1.60. The van der Waals surface area contributed by atoms with Crippen LogP contribution in [0.3, 0.4) is 0 Å². The first-order chi connectivity index (χ1) is 7.27. The lowest BCUT2D eigenvalue weighted by atomic mass is 10.3.